The first-order valence-corrected chi connectivity index (χ1v) is 14.4. The molecular formula is C39H26N2. The summed E-state index contributed by atoms with van der Waals surface area (Å²) in [4.78, 5) is 4.40. The molecule has 0 bridgehead atoms. The van der Waals surface area contributed by atoms with Crippen molar-refractivity contribution in [3.8, 4) is 27.9 Å². The molecule has 0 saturated carbocycles. The third-order valence-corrected chi connectivity index (χ3v) is 8.91. The van der Waals surface area contributed by atoms with Crippen LogP contribution in [0, 0.1) is 0 Å². The number of pyridine rings is 1. The van der Waals surface area contributed by atoms with Crippen LogP contribution >= 0.6 is 0 Å². The van der Waals surface area contributed by atoms with Crippen molar-refractivity contribution < 1.29 is 0 Å². The minimum Gasteiger partial charge on any atom is -0.310 e. The van der Waals surface area contributed by atoms with Crippen LogP contribution in [0.1, 0.15) is 17.7 Å². The molecule has 9 rings (SSSR count). The van der Waals surface area contributed by atoms with E-state index in [1.54, 1.807) is 0 Å². The van der Waals surface area contributed by atoms with Crippen LogP contribution in [0.5, 0.6) is 0 Å². The number of benzene rings is 6. The number of aryl methyl sites for hydroxylation is 1. The van der Waals surface area contributed by atoms with Crippen LogP contribution in [0.4, 0.5) is 0 Å². The molecule has 8 aromatic rings. The number of hydrogen-bond acceptors (Lipinski definition) is 1. The summed E-state index contributed by atoms with van der Waals surface area (Å²) in [6.07, 6.45) is 10.6. The van der Waals surface area contributed by atoms with E-state index in [1.807, 2.05) is 18.5 Å². The molecule has 2 heterocycles. The van der Waals surface area contributed by atoms with E-state index in [9.17, 15) is 0 Å². The molecule has 0 amide bonds. The highest BCUT2D eigenvalue weighted by molar-refractivity contribution is 6.27. The fraction of sp³-hybridized carbons (Fsp3) is 0.0513. The molecule has 0 N–H and O–H groups in total. The zero-order chi connectivity index (χ0) is 26.9. The Morgan fingerprint density at radius 2 is 1.32 bits per heavy atom. The van der Waals surface area contributed by atoms with Gasteiger partial charge in [0, 0.05) is 34.7 Å². The van der Waals surface area contributed by atoms with Gasteiger partial charge in [0.2, 0.25) is 0 Å². The molecule has 1 aliphatic carbocycles. The standard InChI is InChI=1S/C39H26N2/c1-2-8-29(9-3-1)41-36-11-5-4-10-32(36)33-19-16-27(23-37(33)41)30-17-12-25-15-21-35-31(28-7-6-22-40-24-28)18-13-26-14-20-34(30)38(25)39(26)35/h1-3,5-9,11-24H,4,10H2. The molecule has 2 nitrogen and oxygen atoms in total. The van der Waals surface area contributed by atoms with Gasteiger partial charge in [-0.2, -0.15) is 0 Å². The Balaban J connectivity index is 1.32. The summed E-state index contributed by atoms with van der Waals surface area (Å²) in [5.74, 6) is 0. The second-order valence-electron chi connectivity index (χ2n) is 11.1. The van der Waals surface area contributed by atoms with Crippen LogP contribution in [-0.2, 0) is 6.42 Å². The van der Waals surface area contributed by atoms with Gasteiger partial charge in [0.15, 0.2) is 0 Å². The van der Waals surface area contributed by atoms with Crippen LogP contribution in [0.25, 0.3) is 77.2 Å². The average Bonchev–Trinajstić information content (AvgIpc) is 3.38. The van der Waals surface area contributed by atoms with Gasteiger partial charge in [0.1, 0.15) is 0 Å². The maximum absolute atomic E-state index is 4.40. The molecule has 1 aliphatic rings. The number of aromatic nitrogens is 2. The minimum atomic E-state index is 1.08. The average molecular weight is 523 g/mol. The van der Waals surface area contributed by atoms with Crippen molar-refractivity contribution >= 4 is 49.3 Å². The molecule has 192 valence electrons. The Hall–Kier alpha value is -5.21. The summed E-state index contributed by atoms with van der Waals surface area (Å²) in [6.45, 7) is 0. The zero-order valence-electron chi connectivity index (χ0n) is 22.5. The lowest BCUT2D eigenvalue weighted by atomic mass is 9.87. The molecule has 0 fully saturated rings. The number of hydrogen-bond donors (Lipinski definition) is 0. The van der Waals surface area contributed by atoms with Crippen LogP contribution < -0.4 is 0 Å². The lowest BCUT2D eigenvalue weighted by Gasteiger charge is -2.16. The van der Waals surface area contributed by atoms with Gasteiger partial charge < -0.3 is 4.57 Å². The summed E-state index contributed by atoms with van der Waals surface area (Å²) < 4.78 is 2.44. The van der Waals surface area contributed by atoms with Gasteiger partial charge in [0.05, 0.1) is 5.52 Å². The fourth-order valence-electron chi connectivity index (χ4n) is 7.08. The first-order chi connectivity index (χ1) is 20.3. The molecule has 0 saturated heterocycles. The maximum Gasteiger partial charge on any atom is 0.0543 e. The number of allylic oxidation sites excluding steroid dienone is 1. The van der Waals surface area contributed by atoms with E-state index in [0.717, 1.165) is 18.4 Å². The number of para-hydroxylation sites is 1. The van der Waals surface area contributed by atoms with Crippen LogP contribution in [0.3, 0.4) is 0 Å². The molecule has 6 aromatic carbocycles. The Bertz CT molecular complexity index is 2290. The third kappa shape index (κ3) is 3.28. The molecule has 0 atom stereocenters. The van der Waals surface area contributed by atoms with Crippen molar-refractivity contribution in [1.29, 1.82) is 0 Å². The fourth-order valence-corrected chi connectivity index (χ4v) is 7.08. The van der Waals surface area contributed by atoms with E-state index in [2.05, 4.69) is 125 Å². The number of nitrogens with zero attached hydrogens (tertiary/aromatic N) is 2. The van der Waals surface area contributed by atoms with Gasteiger partial charge in [-0.3, -0.25) is 4.98 Å². The van der Waals surface area contributed by atoms with Crippen molar-refractivity contribution in [2.24, 2.45) is 0 Å². The molecule has 0 radical (unpaired) electrons. The predicted octanol–water partition coefficient (Wildman–Crippen LogP) is 10.2. The van der Waals surface area contributed by atoms with E-state index in [1.165, 1.54) is 76.9 Å². The summed E-state index contributed by atoms with van der Waals surface area (Å²) in [5.41, 5.74) is 10.1. The topological polar surface area (TPSA) is 17.8 Å². The molecule has 2 aromatic heterocycles. The largest absolute Gasteiger partial charge is 0.310 e. The first-order valence-electron chi connectivity index (χ1n) is 14.4. The van der Waals surface area contributed by atoms with E-state index in [-0.39, 0.29) is 0 Å². The van der Waals surface area contributed by atoms with Crippen LogP contribution in [0.15, 0.2) is 128 Å². The summed E-state index contributed by atoms with van der Waals surface area (Å²) >= 11 is 0. The highest BCUT2D eigenvalue weighted by atomic mass is 15.0. The van der Waals surface area contributed by atoms with Gasteiger partial charge >= 0.3 is 0 Å². The van der Waals surface area contributed by atoms with Crippen molar-refractivity contribution in [3.63, 3.8) is 0 Å². The van der Waals surface area contributed by atoms with E-state index in [0.29, 0.717) is 0 Å². The maximum atomic E-state index is 4.40. The highest BCUT2D eigenvalue weighted by Gasteiger charge is 2.20. The zero-order valence-corrected chi connectivity index (χ0v) is 22.5. The molecule has 0 unspecified atom stereocenters. The van der Waals surface area contributed by atoms with Crippen molar-refractivity contribution in [1.82, 2.24) is 9.55 Å². The summed E-state index contributed by atoms with van der Waals surface area (Å²) in [5, 5.41) is 9.15. The quantitative estimate of drug-likeness (QED) is 0.211. The van der Waals surface area contributed by atoms with Crippen molar-refractivity contribution in [2.45, 2.75) is 12.8 Å². The predicted molar refractivity (Wildman–Crippen MR) is 173 cm³/mol. The Labute approximate surface area is 238 Å². The van der Waals surface area contributed by atoms with Crippen LogP contribution in [-0.4, -0.2) is 9.55 Å². The van der Waals surface area contributed by atoms with E-state index < -0.39 is 0 Å². The minimum absolute atomic E-state index is 1.08. The van der Waals surface area contributed by atoms with E-state index in [4.69, 9.17) is 0 Å². The third-order valence-electron chi connectivity index (χ3n) is 8.91. The van der Waals surface area contributed by atoms with Gasteiger partial charge in [-0.15, -0.1) is 0 Å². The number of rotatable bonds is 3. The lowest BCUT2D eigenvalue weighted by Crippen LogP contribution is -1.99. The van der Waals surface area contributed by atoms with Gasteiger partial charge in [-0.1, -0.05) is 91.0 Å². The van der Waals surface area contributed by atoms with Crippen LogP contribution in [0.2, 0.25) is 0 Å². The summed E-state index contributed by atoms with van der Waals surface area (Å²) in [6, 6.07) is 40.3. The normalized spacial score (nSPS) is 13.1. The van der Waals surface area contributed by atoms with Gasteiger partial charge in [-0.25, -0.2) is 0 Å². The molecule has 0 aliphatic heterocycles. The first kappa shape index (κ1) is 22.6. The molecular weight excluding hydrogens is 496 g/mol. The SMILES string of the molecule is C1=Cc2c(c3ccc(-c4ccc5ccc6c(-c7cccnc7)ccc7ccc4c5c76)cc3n2-c2ccccc2)CC1. The lowest BCUT2D eigenvalue weighted by molar-refractivity contribution is 0.967. The second-order valence-corrected chi connectivity index (χ2v) is 11.1. The number of fused-ring (bicyclic) bond motifs is 3. The molecule has 41 heavy (non-hydrogen) atoms. The smallest absolute Gasteiger partial charge is 0.0543 e. The second kappa shape index (κ2) is 8.64. The van der Waals surface area contributed by atoms with Crippen molar-refractivity contribution in [2.75, 3.05) is 0 Å². The van der Waals surface area contributed by atoms with E-state index >= 15 is 0 Å². The highest BCUT2D eigenvalue weighted by Crippen LogP contribution is 2.43. The summed E-state index contributed by atoms with van der Waals surface area (Å²) in [7, 11) is 0. The Morgan fingerprint density at radius 3 is 2.05 bits per heavy atom. The Kier molecular flexibility index (Phi) is 4.76. The monoisotopic (exact) mass is 522 g/mol. The van der Waals surface area contributed by atoms with Gasteiger partial charge in [0.25, 0.3) is 0 Å². The molecule has 2 heteroatoms. The Morgan fingerprint density at radius 1 is 0.610 bits per heavy atom. The van der Waals surface area contributed by atoms with Crippen molar-refractivity contribution in [3.05, 3.63) is 139 Å². The van der Waals surface area contributed by atoms with Gasteiger partial charge in [-0.05, 0) is 97.8 Å². The molecule has 0 spiro atoms.